The first-order chi connectivity index (χ1) is 14.5. The van der Waals surface area contributed by atoms with Crippen molar-refractivity contribution < 1.29 is 23.9 Å². The minimum Gasteiger partial charge on any atom is -0.454 e. The number of carbonyl (C=O) groups is 3. The second kappa shape index (κ2) is 8.02. The van der Waals surface area contributed by atoms with Crippen molar-refractivity contribution in [2.45, 2.75) is 31.6 Å². The van der Waals surface area contributed by atoms with E-state index in [-0.39, 0.29) is 24.5 Å². The molecule has 2 aromatic rings. The van der Waals surface area contributed by atoms with E-state index >= 15 is 0 Å². The SMILES string of the molecule is CC[C@@]1(c2ccc(NC(=O)/C=C/c3ccc4c(c3)OCO4)cc2)CCC(=O)NC1=O. The third-order valence-electron chi connectivity index (χ3n) is 5.60. The molecule has 3 amide bonds. The van der Waals surface area contributed by atoms with Crippen molar-refractivity contribution in [2.24, 2.45) is 0 Å². The van der Waals surface area contributed by atoms with Crippen molar-refractivity contribution in [3.05, 3.63) is 59.7 Å². The number of ether oxygens (including phenoxy) is 2. The predicted octanol–water partition coefficient (Wildman–Crippen LogP) is 3.15. The number of carbonyl (C=O) groups excluding carboxylic acids is 3. The van der Waals surface area contributed by atoms with E-state index in [1.807, 2.05) is 31.2 Å². The van der Waals surface area contributed by atoms with Gasteiger partial charge in [0.15, 0.2) is 11.5 Å². The van der Waals surface area contributed by atoms with Crippen molar-refractivity contribution in [3.8, 4) is 11.5 Å². The van der Waals surface area contributed by atoms with Crippen molar-refractivity contribution in [2.75, 3.05) is 12.1 Å². The average Bonchev–Trinajstić information content (AvgIpc) is 3.21. The summed E-state index contributed by atoms with van der Waals surface area (Å²) in [4.78, 5) is 36.2. The number of hydrogen-bond acceptors (Lipinski definition) is 5. The van der Waals surface area contributed by atoms with Crippen LogP contribution >= 0.6 is 0 Å². The van der Waals surface area contributed by atoms with Crippen LogP contribution in [0.15, 0.2) is 48.5 Å². The average molecular weight is 406 g/mol. The lowest BCUT2D eigenvalue weighted by atomic mass is 9.72. The van der Waals surface area contributed by atoms with E-state index in [4.69, 9.17) is 9.47 Å². The first-order valence-corrected chi connectivity index (χ1v) is 9.84. The van der Waals surface area contributed by atoms with Gasteiger partial charge in [-0.15, -0.1) is 0 Å². The van der Waals surface area contributed by atoms with Crippen molar-refractivity contribution in [3.63, 3.8) is 0 Å². The number of nitrogens with one attached hydrogen (secondary N) is 2. The number of anilines is 1. The zero-order valence-electron chi connectivity index (χ0n) is 16.6. The number of benzene rings is 2. The number of fused-ring (bicyclic) bond motifs is 1. The van der Waals surface area contributed by atoms with Crippen LogP contribution in [-0.4, -0.2) is 24.5 Å². The predicted molar refractivity (Wildman–Crippen MR) is 111 cm³/mol. The Morgan fingerprint density at radius 3 is 2.63 bits per heavy atom. The second-order valence-corrected chi connectivity index (χ2v) is 7.33. The van der Waals surface area contributed by atoms with Crippen LogP contribution in [0.3, 0.4) is 0 Å². The van der Waals surface area contributed by atoms with Crippen LogP contribution in [0.2, 0.25) is 0 Å². The highest BCUT2D eigenvalue weighted by molar-refractivity contribution is 6.04. The van der Waals surface area contributed by atoms with Crippen LogP contribution in [0.25, 0.3) is 6.08 Å². The van der Waals surface area contributed by atoms with Gasteiger partial charge in [0.2, 0.25) is 24.5 Å². The Kier molecular flexibility index (Phi) is 5.27. The van der Waals surface area contributed by atoms with Gasteiger partial charge in [0.25, 0.3) is 0 Å². The van der Waals surface area contributed by atoms with Gasteiger partial charge in [-0.25, -0.2) is 0 Å². The maximum absolute atomic E-state index is 12.5. The molecule has 2 aliphatic heterocycles. The highest BCUT2D eigenvalue weighted by atomic mass is 16.7. The van der Waals surface area contributed by atoms with Gasteiger partial charge >= 0.3 is 0 Å². The summed E-state index contributed by atoms with van der Waals surface area (Å²) < 4.78 is 10.6. The third kappa shape index (κ3) is 3.78. The number of amides is 3. The molecule has 2 heterocycles. The van der Waals surface area contributed by atoms with Crippen LogP contribution in [0.1, 0.15) is 37.3 Å². The van der Waals surface area contributed by atoms with E-state index in [0.717, 1.165) is 11.1 Å². The van der Waals surface area contributed by atoms with Gasteiger partial charge in [0.05, 0.1) is 5.41 Å². The monoisotopic (exact) mass is 406 g/mol. The van der Waals surface area contributed by atoms with E-state index in [1.165, 1.54) is 6.08 Å². The molecule has 2 aromatic carbocycles. The Labute approximate surface area is 174 Å². The zero-order chi connectivity index (χ0) is 21.1. The molecular weight excluding hydrogens is 384 g/mol. The summed E-state index contributed by atoms with van der Waals surface area (Å²) in [6.45, 7) is 2.14. The van der Waals surface area contributed by atoms with Gasteiger partial charge < -0.3 is 14.8 Å². The minimum atomic E-state index is -0.713. The summed E-state index contributed by atoms with van der Waals surface area (Å²) >= 11 is 0. The Balaban J connectivity index is 1.42. The fourth-order valence-electron chi connectivity index (χ4n) is 3.81. The van der Waals surface area contributed by atoms with Crippen LogP contribution in [-0.2, 0) is 19.8 Å². The molecule has 1 fully saturated rings. The quantitative estimate of drug-likeness (QED) is 0.588. The molecule has 4 rings (SSSR count). The maximum atomic E-state index is 12.5. The molecule has 0 aromatic heterocycles. The number of hydrogen-bond donors (Lipinski definition) is 2. The number of rotatable bonds is 5. The Bertz CT molecular complexity index is 1030. The molecule has 0 saturated carbocycles. The van der Waals surface area contributed by atoms with Gasteiger partial charge in [-0.3, -0.25) is 19.7 Å². The van der Waals surface area contributed by atoms with Crippen LogP contribution in [0.5, 0.6) is 11.5 Å². The Morgan fingerprint density at radius 2 is 1.90 bits per heavy atom. The van der Waals surface area contributed by atoms with E-state index < -0.39 is 5.41 Å². The minimum absolute atomic E-state index is 0.205. The van der Waals surface area contributed by atoms with Crippen molar-refractivity contribution in [1.29, 1.82) is 0 Å². The van der Waals surface area contributed by atoms with Gasteiger partial charge in [0.1, 0.15) is 0 Å². The fraction of sp³-hybridized carbons (Fsp3) is 0.261. The van der Waals surface area contributed by atoms with Gasteiger partial charge in [0, 0.05) is 18.2 Å². The number of imide groups is 1. The molecule has 7 nitrogen and oxygen atoms in total. The van der Waals surface area contributed by atoms with Gasteiger partial charge in [-0.1, -0.05) is 25.1 Å². The molecule has 2 aliphatic rings. The molecule has 1 atom stereocenters. The van der Waals surface area contributed by atoms with Crippen LogP contribution < -0.4 is 20.1 Å². The molecule has 154 valence electrons. The Hall–Kier alpha value is -3.61. The summed E-state index contributed by atoms with van der Waals surface area (Å²) in [7, 11) is 0. The molecule has 1 saturated heterocycles. The standard InChI is InChI=1S/C23H22N2O5/c1-2-23(12-11-21(27)25-22(23)28)16-5-7-17(8-6-16)24-20(26)10-4-15-3-9-18-19(13-15)30-14-29-18/h3-10,13H,2,11-12,14H2,1H3,(H,24,26)(H,25,27,28)/b10-4+/t23-/m0/s1. The first kappa shape index (κ1) is 19.7. The summed E-state index contributed by atoms with van der Waals surface area (Å²) in [6, 6.07) is 12.6. The molecule has 0 aliphatic carbocycles. The fourth-order valence-corrected chi connectivity index (χ4v) is 3.81. The van der Waals surface area contributed by atoms with Crippen LogP contribution in [0.4, 0.5) is 5.69 Å². The molecular formula is C23H22N2O5. The molecule has 2 N–H and O–H groups in total. The number of piperidine rings is 1. The first-order valence-electron chi connectivity index (χ1n) is 9.84. The van der Waals surface area contributed by atoms with E-state index in [2.05, 4.69) is 10.6 Å². The topological polar surface area (TPSA) is 93.7 Å². The maximum Gasteiger partial charge on any atom is 0.248 e. The third-order valence-corrected chi connectivity index (χ3v) is 5.60. The largest absolute Gasteiger partial charge is 0.454 e. The summed E-state index contributed by atoms with van der Waals surface area (Å²) in [5.74, 6) is 0.586. The van der Waals surface area contributed by atoms with Crippen molar-refractivity contribution >= 4 is 29.5 Å². The highest BCUT2D eigenvalue weighted by Gasteiger charge is 2.42. The lowest BCUT2D eigenvalue weighted by molar-refractivity contribution is -0.138. The van der Waals surface area contributed by atoms with Crippen LogP contribution in [0, 0.1) is 0 Å². The van der Waals surface area contributed by atoms with Gasteiger partial charge in [-0.05, 0) is 54.3 Å². The van der Waals surface area contributed by atoms with Gasteiger partial charge in [-0.2, -0.15) is 0 Å². The van der Waals surface area contributed by atoms with E-state index in [9.17, 15) is 14.4 Å². The second-order valence-electron chi connectivity index (χ2n) is 7.33. The van der Waals surface area contributed by atoms with Crippen molar-refractivity contribution in [1.82, 2.24) is 5.32 Å². The molecule has 0 unspecified atom stereocenters. The smallest absolute Gasteiger partial charge is 0.248 e. The zero-order valence-corrected chi connectivity index (χ0v) is 16.6. The summed E-state index contributed by atoms with van der Waals surface area (Å²) in [5.41, 5.74) is 1.57. The lowest BCUT2D eigenvalue weighted by Gasteiger charge is -2.35. The molecule has 7 heteroatoms. The Morgan fingerprint density at radius 1 is 1.13 bits per heavy atom. The summed E-state index contributed by atoms with van der Waals surface area (Å²) in [6.07, 6.45) is 4.54. The normalized spacial score (nSPS) is 20.3. The van der Waals surface area contributed by atoms with E-state index in [1.54, 1.807) is 24.3 Å². The molecule has 0 bridgehead atoms. The highest BCUT2D eigenvalue weighted by Crippen LogP contribution is 2.36. The van der Waals surface area contributed by atoms with E-state index in [0.29, 0.717) is 36.4 Å². The molecule has 30 heavy (non-hydrogen) atoms. The summed E-state index contributed by atoms with van der Waals surface area (Å²) in [5, 5.41) is 5.25. The molecule has 0 radical (unpaired) electrons. The lowest BCUT2D eigenvalue weighted by Crippen LogP contribution is -2.51. The molecule has 0 spiro atoms.